The number of aromatic nitrogens is 2. The second kappa shape index (κ2) is 5.54. The van der Waals surface area contributed by atoms with Crippen molar-refractivity contribution in [2.75, 3.05) is 0 Å². The normalized spacial score (nSPS) is 11.2. The van der Waals surface area contributed by atoms with Gasteiger partial charge in [0.1, 0.15) is 0 Å². The lowest BCUT2D eigenvalue weighted by Gasteiger charge is -2.08. The molecule has 0 saturated heterocycles. The molecule has 0 aliphatic heterocycles. The summed E-state index contributed by atoms with van der Waals surface area (Å²) >= 11 is 3.49. The number of halogens is 1. The van der Waals surface area contributed by atoms with Gasteiger partial charge in [-0.3, -0.25) is 4.68 Å². The van der Waals surface area contributed by atoms with Gasteiger partial charge in [0.05, 0.1) is 6.20 Å². The van der Waals surface area contributed by atoms with Crippen molar-refractivity contribution in [3.63, 3.8) is 0 Å². The SMILES string of the molecule is CCc1c(CBr)cnn1CCC(C)C. The predicted octanol–water partition coefficient (Wildman–Crippen LogP) is 3.39. The molecule has 0 fully saturated rings. The van der Waals surface area contributed by atoms with Crippen molar-refractivity contribution in [2.45, 2.75) is 45.5 Å². The molecule has 0 saturated carbocycles. The maximum atomic E-state index is 4.42. The quantitative estimate of drug-likeness (QED) is 0.741. The smallest absolute Gasteiger partial charge is 0.0533 e. The highest BCUT2D eigenvalue weighted by Crippen LogP contribution is 2.14. The van der Waals surface area contributed by atoms with Crippen LogP contribution in [0.1, 0.15) is 38.4 Å². The maximum absolute atomic E-state index is 4.42. The molecule has 1 aromatic rings. The fourth-order valence-corrected chi connectivity index (χ4v) is 2.01. The molecule has 3 heteroatoms. The van der Waals surface area contributed by atoms with Gasteiger partial charge in [0, 0.05) is 23.1 Å². The molecule has 0 aromatic carbocycles. The summed E-state index contributed by atoms with van der Waals surface area (Å²) in [5.74, 6) is 0.747. The van der Waals surface area contributed by atoms with Crippen molar-refractivity contribution in [2.24, 2.45) is 5.92 Å². The lowest BCUT2D eigenvalue weighted by Crippen LogP contribution is -2.07. The van der Waals surface area contributed by atoms with Crippen LogP contribution in [0.15, 0.2) is 6.20 Å². The lowest BCUT2D eigenvalue weighted by atomic mass is 10.1. The lowest BCUT2D eigenvalue weighted by molar-refractivity contribution is 0.476. The molecule has 0 N–H and O–H groups in total. The van der Waals surface area contributed by atoms with Gasteiger partial charge in [-0.1, -0.05) is 36.7 Å². The van der Waals surface area contributed by atoms with Crippen LogP contribution in [-0.4, -0.2) is 9.78 Å². The van der Waals surface area contributed by atoms with Crippen molar-refractivity contribution in [3.8, 4) is 0 Å². The second-order valence-electron chi connectivity index (χ2n) is 4.01. The molecular weight excluding hydrogens is 240 g/mol. The average Bonchev–Trinajstić information content (AvgIpc) is 2.56. The number of aryl methyl sites for hydroxylation is 1. The van der Waals surface area contributed by atoms with E-state index in [-0.39, 0.29) is 0 Å². The van der Waals surface area contributed by atoms with Gasteiger partial charge >= 0.3 is 0 Å². The van der Waals surface area contributed by atoms with Crippen LogP contribution in [0.3, 0.4) is 0 Å². The van der Waals surface area contributed by atoms with E-state index in [0.29, 0.717) is 0 Å². The van der Waals surface area contributed by atoms with E-state index in [9.17, 15) is 0 Å². The Hall–Kier alpha value is -0.310. The zero-order valence-electron chi connectivity index (χ0n) is 9.26. The van der Waals surface area contributed by atoms with Crippen LogP contribution in [0.4, 0.5) is 0 Å². The maximum Gasteiger partial charge on any atom is 0.0533 e. The highest BCUT2D eigenvalue weighted by Gasteiger charge is 2.07. The summed E-state index contributed by atoms with van der Waals surface area (Å²) in [6.07, 6.45) is 4.25. The predicted molar refractivity (Wildman–Crippen MR) is 63.7 cm³/mol. The Morgan fingerprint density at radius 1 is 1.50 bits per heavy atom. The molecule has 0 aliphatic carbocycles. The third-order valence-corrected chi connectivity index (χ3v) is 3.04. The molecule has 1 rings (SSSR count). The van der Waals surface area contributed by atoms with Gasteiger partial charge in [-0.05, 0) is 18.8 Å². The number of nitrogens with zero attached hydrogens (tertiary/aromatic N) is 2. The Kier molecular flexibility index (Phi) is 4.66. The van der Waals surface area contributed by atoms with Crippen LogP contribution in [0.2, 0.25) is 0 Å². The molecule has 80 valence electrons. The van der Waals surface area contributed by atoms with E-state index in [1.54, 1.807) is 0 Å². The third-order valence-electron chi connectivity index (χ3n) is 2.43. The Balaban J connectivity index is 2.71. The van der Waals surface area contributed by atoms with E-state index >= 15 is 0 Å². The van der Waals surface area contributed by atoms with E-state index in [1.807, 2.05) is 6.20 Å². The number of hydrogen-bond acceptors (Lipinski definition) is 1. The Morgan fingerprint density at radius 2 is 2.21 bits per heavy atom. The molecule has 1 aromatic heterocycles. The van der Waals surface area contributed by atoms with Crippen LogP contribution < -0.4 is 0 Å². The summed E-state index contributed by atoms with van der Waals surface area (Å²) in [7, 11) is 0. The first kappa shape index (κ1) is 11.8. The summed E-state index contributed by atoms with van der Waals surface area (Å²) in [4.78, 5) is 0. The van der Waals surface area contributed by atoms with Crippen LogP contribution in [0.25, 0.3) is 0 Å². The van der Waals surface area contributed by atoms with Gasteiger partial charge in [-0.25, -0.2) is 0 Å². The molecular formula is C11H19BrN2. The minimum absolute atomic E-state index is 0.747. The first-order valence-corrected chi connectivity index (χ1v) is 6.40. The molecule has 2 nitrogen and oxygen atoms in total. The van der Waals surface area contributed by atoms with Gasteiger partial charge in [0.25, 0.3) is 0 Å². The molecule has 14 heavy (non-hydrogen) atoms. The van der Waals surface area contributed by atoms with Crippen LogP contribution in [0.5, 0.6) is 0 Å². The Bertz CT molecular complexity index is 279. The van der Waals surface area contributed by atoms with Crippen molar-refractivity contribution >= 4 is 15.9 Å². The topological polar surface area (TPSA) is 17.8 Å². The fraction of sp³-hybridized carbons (Fsp3) is 0.727. The highest BCUT2D eigenvalue weighted by atomic mass is 79.9. The van der Waals surface area contributed by atoms with Gasteiger partial charge in [0.2, 0.25) is 0 Å². The van der Waals surface area contributed by atoms with E-state index in [2.05, 4.69) is 46.5 Å². The summed E-state index contributed by atoms with van der Waals surface area (Å²) in [5.41, 5.74) is 2.71. The second-order valence-corrected chi connectivity index (χ2v) is 4.57. The molecule has 0 aliphatic rings. The van der Waals surface area contributed by atoms with Crippen LogP contribution >= 0.6 is 15.9 Å². The van der Waals surface area contributed by atoms with Crippen molar-refractivity contribution in [1.82, 2.24) is 9.78 Å². The van der Waals surface area contributed by atoms with Gasteiger partial charge in [-0.2, -0.15) is 5.10 Å². The molecule has 0 radical (unpaired) electrons. The fourth-order valence-electron chi connectivity index (χ4n) is 1.54. The molecule has 0 unspecified atom stereocenters. The Labute approximate surface area is 94.8 Å². The summed E-state index contributed by atoms with van der Waals surface area (Å²) < 4.78 is 2.15. The van der Waals surface area contributed by atoms with E-state index < -0.39 is 0 Å². The number of alkyl halides is 1. The molecule has 0 atom stereocenters. The van der Waals surface area contributed by atoms with Gasteiger partial charge in [0.15, 0.2) is 0 Å². The summed E-state index contributed by atoms with van der Waals surface area (Å²) in [5, 5.41) is 5.33. The van der Waals surface area contributed by atoms with Crippen LogP contribution in [0, 0.1) is 5.92 Å². The summed E-state index contributed by atoms with van der Waals surface area (Å²) in [6.45, 7) is 7.74. The van der Waals surface area contributed by atoms with Crippen molar-refractivity contribution in [1.29, 1.82) is 0 Å². The van der Waals surface area contributed by atoms with Crippen molar-refractivity contribution < 1.29 is 0 Å². The van der Waals surface area contributed by atoms with Crippen LogP contribution in [-0.2, 0) is 18.3 Å². The standard InChI is InChI=1S/C11H19BrN2/c1-4-11-10(7-12)8-13-14(11)6-5-9(2)3/h8-9H,4-7H2,1-3H3. The summed E-state index contributed by atoms with van der Waals surface area (Å²) in [6, 6.07) is 0. The monoisotopic (exact) mass is 258 g/mol. The minimum Gasteiger partial charge on any atom is -0.269 e. The third kappa shape index (κ3) is 2.84. The number of rotatable bonds is 5. The molecule has 0 amide bonds. The van der Waals surface area contributed by atoms with E-state index in [4.69, 9.17) is 0 Å². The largest absolute Gasteiger partial charge is 0.269 e. The van der Waals surface area contributed by atoms with Crippen molar-refractivity contribution in [3.05, 3.63) is 17.5 Å². The molecule has 0 bridgehead atoms. The number of hydrogen-bond donors (Lipinski definition) is 0. The van der Waals surface area contributed by atoms with Gasteiger partial charge < -0.3 is 0 Å². The zero-order chi connectivity index (χ0) is 10.6. The van der Waals surface area contributed by atoms with Gasteiger partial charge in [-0.15, -0.1) is 0 Å². The Morgan fingerprint density at radius 3 is 2.71 bits per heavy atom. The minimum atomic E-state index is 0.747. The van der Waals surface area contributed by atoms with E-state index in [1.165, 1.54) is 17.7 Å². The zero-order valence-corrected chi connectivity index (χ0v) is 10.8. The van der Waals surface area contributed by atoms with E-state index in [0.717, 1.165) is 24.2 Å². The molecule has 0 spiro atoms. The molecule has 1 heterocycles. The average molecular weight is 259 g/mol. The first-order chi connectivity index (χ1) is 6.69. The highest BCUT2D eigenvalue weighted by molar-refractivity contribution is 9.08. The first-order valence-electron chi connectivity index (χ1n) is 5.28.